The number of anilines is 2. The molecule has 1 aliphatic carbocycles. The summed E-state index contributed by atoms with van der Waals surface area (Å²) in [6.45, 7) is 4.68. The highest BCUT2D eigenvalue weighted by atomic mass is 15.2. The van der Waals surface area contributed by atoms with E-state index in [0.29, 0.717) is 5.41 Å². The summed E-state index contributed by atoms with van der Waals surface area (Å²) in [6, 6.07) is 4.27. The van der Waals surface area contributed by atoms with E-state index in [1.165, 1.54) is 58.0 Å². The van der Waals surface area contributed by atoms with Crippen LogP contribution in [0.3, 0.4) is 0 Å². The minimum atomic E-state index is 0.694. The molecule has 0 atom stereocenters. The lowest BCUT2D eigenvalue weighted by molar-refractivity contribution is 0.0223. The molecule has 2 heterocycles. The molecule has 3 nitrogen and oxygen atoms in total. The third-order valence-corrected chi connectivity index (χ3v) is 5.59. The summed E-state index contributed by atoms with van der Waals surface area (Å²) in [5.74, 6) is 2.18. The Labute approximate surface area is 129 Å². The number of hydrogen-bond donors (Lipinski definition) is 1. The summed E-state index contributed by atoms with van der Waals surface area (Å²) in [4.78, 5) is 7.05. The van der Waals surface area contributed by atoms with E-state index in [1.807, 2.05) is 13.2 Å². The number of unbranched alkanes of at least 4 members (excludes halogenated alkanes) is 1. The summed E-state index contributed by atoms with van der Waals surface area (Å²) in [5, 5.41) is 3.13. The molecule has 3 heteroatoms. The van der Waals surface area contributed by atoms with Crippen molar-refractivity contribution in [1.29, 1.82) is 0 Å². The van der Waals surface area contributed by atoms with Gasteiger partial charge in [-0.15, -0.1) is 0 Å². The van der Waals surface area contributed by atoms with Gasteiger partial charge in [-0.25, -0.2) is 4.98 Å². The predicted molar refractivity (Wildman–Crippen MR) is 89.9 cm³/mol. The van der Waals surface area contributed by atoms with E-state index in [0.717, 1.165) is 17.4 Å². The van der Waals surface area contributed by atoms with E-state index < -0.39 is 0 Å². The first-order valence-electron chi connectivity index (χ1n) is 8.63. The SMILES string of the molecule is CCCCC1CC2(CCN(c3ccc(NC)cn3)CC2)C1. The Morgan fingerprint density at radius 2 is 2.05 bits per heavy atom. The Morgan fingerprint density at radius 3 is 2.62 bits per heavy atom. The fourth-order valence-corrected chi connectivity index (χ4v) is 4.20. The van der Waals surface area contributed by atoms with E-state index in [2.05, 4.69) is 34.3 Å². The zero-order valence-corrected chi connectivity index (χ0v) is 13.6. The van der Waals surface area contributed by atoms with Crippen LogP contribution in [0.2, 0.25) is 0 Å². The van der Waals surface area contributed by atoms with Crippen molar-refractivity contribution in [3.63, 3.8) is 0 Å². The van der Waals surface area contributed by atoms with Gasteiger partial charge in [0.15, 0.2) is 0 Å². The van der Waals surface area contributed by atoms with Crippen LogP contribution in [-0.2, 0) is 0 Å². The van der Waals surface area contributed by atoms with Crippen LogP contribution in [0.15, 0.2) is 18.3 Å². The molecule has 0 radical (unpaired) electrons. The molecule has 116 valence electrons. The second-order valence-corrected chi connectivity index (χ2v) is 7.06. The van der Waals surface area contributed by atoms with E-state index >= 15 is 0 Å². The smallest absolute Gasteiger partial charge is 0.128 e. The van der Waals surface area contributed by atoms with E-state index in [9.17, 15) is 0 Å². The second-order valence-electron chi connectivity index (χ2n) is 7.06. The minimum absolute atomic E-state index is 0.694. The largest absolute Gasteiger partial charge is 0.387 e. The molecule has 1 aromatic rings. The van der Waals surface area contributed by atoms with Crippen molar-refractivity contribution in [2.24, 2.45) is 11.3 Å². The van der Waals surface area contributed by atoms with Gasteiger partial charge < -0.3 is 10.2 Å². The highest BCUT2D eigenvalue weighted by Gasteiger charge is 2.45. The number of pyridine rings is 1. The van der Waals surface area contributed by atoms with Gasteiger partial charge in [0, 0.05) is 20.1 Å². The van der Waals surface area contributed by atoms with Crippen molar-refractivity contribution in [3.8, 4) is 0 Å². The quantitative estimate of drug-likeness (QED) is 0.874. The zero-order chi connectivity index (χ0) is 14.7. The number of aromatic nitrogens is 1. The van der Waals surface area contributed by atoms with Crippen LogP contribution in [0, 0.1) is 11.3 Å². The predicted octanol–water partition coefficient (Wildman–Crippen LogP) is 4.31. The first-order chi connectivity index (χ1) is 10.2. The van der Waals surface area contributed by atoms with Crippen molar-refractivity contribution >= 4 is 11.5 Å². The molecule has 0 unspecified atom stereocenters. The number of nitrogens with zero attached hydrogens (tertiary/aromatic N) is 2. The molecule has 1 saturated carbocycles. The molecule has 0 bridgehead atoms. The highest BCUT2D eigenvalue weighted by molar-refractivity contribution is 5.48. The van der Waals surface area contributed by atoms with Crippen molar-refractivity contribution < 1.29 is 0 Å². The third-order valence-electron chi connectivity index (χ3n) is 5.59. The molecular formula is C18H29N3. The molecule has 3 rings (SSSR count). The number of nitrogens with one attached hydrogen (secondary N) is 1. The standard InChI is InChI=1S/C18H29N3/c1-3-4-5-15-12-18(13-15)8-10-21(11-9-18)17-7-6-16(19-2)14-20-17/h6-7,14-15,19H,3-5,8-13H2,1-2H3. The minimum Gasteiger partial charge on any atom is -0.387 e. The van der Waals surface area contributed by atoms with Gasteiger partial charge in [-0.2, -0.15) is 0 Å². The van der Waals surface area contributed by atoms with Crippen molar-refractivity contribution in [1.82, 2.24) is 4.98 Å². The van der Waals surface area contributed by atoms with Crippen molar-refractivity contribution in [2.75, 3.05) is 30.4 Å². The number of rotatable bonds is 5. The first kappa shape index (κ1) is 14.7. The van der Waals surface area contributed by atoms with Crippen LogP contribution < -0.4 is 10.2 Å². The Kier molecular flexibility index (Phi) is 4.37. The molecule has 2 fully saturated rings. The Hall–Kier alpha value is -1.25. The fraction of sp³-hybridized carbons (Fsp3) is 0.722. The summed E-state index contributed by atoms with van der Waals surface area (Å²) in [6.07, 6.45) is 11.9. The molecule has 1 aromatic heterocycles. The van der Waals surface area contributed by atoms with Crippen LogP contribution in [-0.4, -0.2) is 25.1 Å². The Balaban J connectivity index is 1.49. The van der Waals surface area contributed by atoms with Crippen molar-refractivity contribution in [2.45, 2.75) is 51.9 Å². The molecule has 0 amide bonds. The van der Waals surface area contributed by atoms with Gasteiger partial charge in [0.25, 0.3) is 0 Å². The third kappa shape index (κ3) is 3.17. The fourth-order valence-electron chi connectivity index (χ4n) is 4.20. The molecule has 1 aliphatic heterocycles. The molecule has 1 saturated heterocycles. The van der Waals surface area contributed by atoms with E-state index in [1.54, 1.807) is 0 Å². The Morgan fingerprint density at radius 1 is 1.29 bits per heavy atom. The van der Waals surface area contributed by atoms with Gasteiger partial charge in [-0.1, -0.05) is 26.2 Å². The molecule has 21 heavy (non-hydrogen) atoms. The van der Waals surface area contributed by atoms with Gasteiger partial charge in [0.1, 0.15) is 5.82 Å². The molecule has 1 N–H and O–H groups in total. The molecule has 0 aromatic carbocycles. The summed E-state index contributed by atoms with van der Waals surface area (Å²) < 4.78 is 0. The van der Waals surface area contributed by atoms with E-state index in [-0.39, 0.29) is 0 Å². The maximum Gasteiger partial charge on any atom is 0.128 e. The highest BCUT2D eigenvalue weighted by Crippen LogP contribution is 2.54. The van der Waals surface area contributed by atoms with Gasteiger partial charge in [-0.05, 0) is 49.1 Å². The van der Waals surface area contributed by atoms with Gasteiger partial charge in [-0.3, -0.25) is 0 Å². The van der Waals surface area contributed by atoms with Crippen LogP contribution in [0.5, 0.6) is 0 Å². The monoisotopic (exact) mass is 287 g/mol. The maximum atomic E-state index is 4.58. The first-order valence-corrected chi connectivity index (χ1v) is 8.63. The average molecular weight is 287 g/mol. The number of piperidine rings is 1. The maximum absolute atomic E-state index is 4.58. The Bertz CT molecular complexity index is 438. The zero-order valence-electron chi connectivity index (χ0n) is 13.6. The lowest BCUT2D eigenvalue weighted by atomic mass is 9.56. The van der Waals surface area contributed by atoms with Crippen LogP contribution in [0.1, 0.15) is 51.9 Å². The molecular weight excluding hydrogens is 258 g/mol. The van der Waals surface area contributed by atoms with Crippen LogP contribution in [0.4, 0.5) is 11.5 Å². The van der Waals surface area contributed by atoms with Crippen molar-refractivity contribution in [3.05, 3.63) is 18.3 Å². The van der Waals surface area contributed by atoms with Crippen LogP contribution in [0.25, 0.3) is 0 Å². The van der Waals surface area contributed by atoms with Gasteiger partial charge >= 0.3 is 0 Å². The van der Waals surface area contributed by atoms with Gasteiger partial charge in [0.05, 0.1) is 11.9 Å². The van der Waals surface area contributed by atoms with Crippen LogP contribution >= 0.6 is 0 Å². The number of hydrogen-bond acceptors (Lipinski definition) is 3. The molecule has 2 aliphatic rings. The summed E-state index contributed by atoms with van der Waals surface area (Å²) in [7, 11) is 1.94. The summed E-state index contributed by atoms with van der Waals surface area (Å²) >= 11 is 0. The van der Waals surface area contributed by atoms with E-state index in [4.69, 9.17) is 0 Å². The normalized spacial score (nSPS) is 21.3. The second kappa shape index (κ2) is 6.25. The topological polar surface area (TPSA) is 28.2 Å². The average Bonchev–Trinajstić information content (AvgIpc) is 2.51. The lowest BCUT2D eigenvalue weighted by Crippen LogP contribution is -2.47. The summed E-state index contributed by atoms with van der Waals surface area (Å²) in [5.41, 5.74) is 1.78. The van der Waals surface area contributed by atoms with Gasteiger partial charge in [0.2, 0.25) is 0 Å². The molecule has 1 spiro atoms. The lowest BCUT2D eigenvalue weighted by Gasteiger charge is -2.52.